The Balaban J connectivity index is 1.20. The summed E-state index contributed by atoms with van der Waals surface area (Å²) >= 11 is 1.60. The summed E-state index contributed by atoms with van der Waals surface area (Å²) in [5.74, 6) is -0.0603. The lowest BCUT2D eigenvalue weighted by atomic mass is 10.2. The van der Waals surface area contributed by atoms with Gasteiger partial charge in [0, 0.05) is 55.4 Å². The van der Waals surface area contributed by atoms with E-state index in [0.29, 0.717) is 44.7 Å². The van der Waals surface area contributed by atoms with Gasteiger partial charge in [0.1, 0.15) is 5.82 Å². The second-order valence-corrected chi connectivity index (χ2v) is 8.53. The number of imidazole rings is 1. The van der Waals surface area contributed by atoms with Crippen LogP contribution >= 0.6 is 11.3 Å². The third-order valence-corrected chi connectivity index (χ3v) is 6.66. The van der Waals surface area contributed by atoms with Crippen LogP contribution in [0.3, 0.4) is 0 Å². The van der Waals surface area contributed by atoms with Gasteiger partial charge in [-0.15, -0.1) is 11.3 Å². The number of rotatable bonds is 5. The van der Waals surface area contributed by atoms with E-state index in [9.17, 15) is 9.18 Å². The Labute approximate surface area is 184 Å². The SMILES string of the molecule is O=C(CCc1csc2nc(-c3ccccc3)cn12)N1CCN(c2ccccc2F)CC1. The van der Waals surface area contributed by atoms with Crippen LogP contribution in [0.1, 0.15) is 12.1 Å². The van der Waals surface area contributed by atoms with Crippen LogP contribution in [-0.4, -0.2) is 46.4 Å². The van der Waals surface area contributed by atoms with Crippen molar-refractivity contribution in [3.63, 3.8) is 0 Å². The van der Waals surface area contributed by atoms with E-state index in [4.69, 9.17) is 4.98 Å². The van der Waals surface area contributed by atoms with E-state index in [0.717, 1.165) is 21.9 Å². The summed E-state index contributed by atoms with van der Waals surface area (Å²) in [6.07, 6.45) is 3.19. The molecule has 1 amide bonds. The molecule has 1 aliphatic rings. The van der Waals surface area contributed by atoms with Gasteiger partial charge in [0.25, 0.3) is 0 Å². The smallest absolute Gasteiger partial charge is 0.223 e. The molecule has 2 aromatic heterocycles. The van der Waals surface area contributed by atoms with Crippen LogP contribution in [0.5, 0.6) is 0 Å². The van der Waals surface area contributed by atoms with E-state index in [2.05, 4.69) is 21.9 Å². The van der Waals surface area contributed by atoms with Crippen molar-refractivity contribution in [2.75, 3.05) is 31.1 Å². The van der Waals surface area contributed by atoms with Crippen molar-refractivity contribution >= 4 is 27.9 Å². The molecular formula is C24H23FN4OS. The number of amides is 1. The predicted molar refractivity (Wildman–Crippen MR) is 122 cm³/mol. The topological polar surface area (TPSA) is 40.9 Å². The summed E-state index contributed by atoms with van der Waals surface area (Å²) in [5, 5.41) is 2.08. The highest BCUT2D eigenvalue weighted by Gasteiger charge is 2.23. The standard InChI is InChI=1S/C24H23FN4OS/c25-20-8-4-5-9-22(20)27-12-14-28(15-13-27)23(30)11-10-19-17-31-24-26-21(16-29(19)24)18-6-2-1-3-7-18/h1-9,16-17H,10-15H2. The lowest BCUT2D eigenvalue weighted by Crippen LogP contribution is -2.49. The first-order chi connectivity index (χ1) is 15.2. The molecule has 0 saturated carbocycles. The summed E-state index contributed by atoms with van der Waals surface area (Å²) in [6.45, 7) is 2.54. The lowest BCUT2D eigenvalue weighted by molar-refractivity contribution is -0.131. The van der Waals surface area contributed by atoms with Gasteiger partial charge in [-0.3, -0.25) is 9.20 Å². The highest BCUT2D eigenvalue weighted by atomic mass is 32.1. The molecule has 4 aromatic rings. The van der Waals surface area contributed by atoms with E-state index in [1.165, 1.54) is 6.07 Å². The first-order valence-electron chi connectivity index (χ1n) is 10.5. The largest absolute Gasteiger partial charge is 0.366 e. The summed E-state index contributed by atoms with van der Waals surface area (Å²) in [6, 6.07) is 16.9. The lowest BCUT2D eigenvalue weighted by Gasteiger charge is -2.36. The van der Waals surface area contributed by atoms with Crippen molar-refractivity contribution in [2.24, 2.45) is 0 Å². The van der Waals surface area contributed by atoms with Crippen LogP contribution in [0, 0.1) is 5.82 Å². The molecule has 158 valence electrons. The van der Waals surface area contributed by atoms with Crippen LogP contribution in [0.4, 0.5) is 10.1 Å². The van der Waals surface area contributed by atoms with E-state index < -0.39 is 0 Å². The molecule has 7 heteroatoms. The van der Waals surface area contributed by atoms with Crippen LogP contribution in [0.25, 0.3) is 16.2 Å². The minimum atomic E-state index is -0.209. The fourth-order valence-electron chi connectivity index (χ4n) is 4.06. The molecule has 1 saturated heterocycles. The maximum absolute atomic E-state index is 14.0. The predicted octanol–water partition coefficient (Wildman–Crippen LogP) is 4.48. The van der Waals surface area contributed by atoms with E-state index in [1.807, 2.05) is 40.3 Å². The van der Waals surface area contributed by atoms with E-state index in [-0.39, 0.29) is 11.7 Å². The molecule has 0 bridgehead atoms. The number of benzene rings is 2. The highest BCUT2D eigenvalue weighted by molar-refractivity contribution is 7.15. The zero-order valence-electron chi connectivity index (χ0n) is 17.1. The Bertz CT molecular complexity index is 1190. The first-order valence-corrected chi connectivity index (χ1v) is 11.3. The van der Waals surface area contributed by atoms with Gasteiger partial charge in [-0.1, -0.05) is 42.5 Å². The Morgan fingerprint density at radius 1 is 1.00 bits per heavy atom. The van der Waals surface area contributed by atoms with Gasteiger partial charge >= 0.3 is 0 Å². The maximum Gasteiger partial charge on any atom is 0.223 e. The van der Waals surface area contributed by atoms with Crippen molar-refractivity contribution in [3.05, 3.63) is 77.7 Å². The number of fused-ring (bicyclic) bond motifs is 1. The third kappa shape index (κ3) is 4.05. The van der Waals surface area contributed by atoms with Crippen molar-refractivity contribution in [2.45, 2.75) is 12.8 Å². The molecule has 0 N–H and O–H groups in total. The molecule has 31 heavy (non-hydrogen) atoms. The summed E-state index contributed by atoms with van der Waals surface area (Å²) in [7, 11) is 0. The number of anilines is 1. The van der Waals surface area contributed by atoms with Crippen LogP contribution in [0.15, 0.2) is 66.2 Å². The Morgan fingerprint density at radius 3 is 2.52 bits per heavy atom. The second kappa shape index (κ2) is 8.51. The fraction of sp³-hybridized carbons (Fsp3) is 0.250. The normalized spacial score (nSPS) is 14.4. The van der Waals surface area contributed by atoms with Crippen LogP contribution < -0.4 is 4.90 Å². The van der Waals surface area contributed by atoms with Gasteiger partial charge in [-0.25, -0.2) is 9.37 Å². The first kappa shape index (κ1) is 19.8. The zero-order valence-corrected chi connectivity index (χ0v) is 17.9. The summed E-state index contributed by atoms with van der Waals surface area (Å²) in [5.41, 5.74) is 3.76. The number of piperazine rings is 1. The van der Waals surface area contributed by atoms with Crippen molar-refractivity contribution in [3.8, 4) is 11.3 Å². The number of halogens is 1. The molecule has 0 aliphatic carbocycles. The van der Waals surface area contributed by atoms with Gasteiger partial charge in [0.2, 0.25) is 5.91 Å². The van der Waals surface area contributed by atoms with Crippen LogP contribution in [0.2, 0.25) is 0 Å². The number of nitrogens with zero attached hydrogens (tertiary/aromatic N) is 4. The number of aryl methyl sites for hydroxylation is 1. The van der Waals surface area contributed by atoms with E-state index in [1.54, 1.807) is 23.5 Å². The number of para-hydroxylation sites is 1. The molecule has 0 radical (unpaired) electrons. The molecule has 5 nitrogen and oxygen atoms in total. The van der Waals surface area contributed by atoms with Gasteiger partial charge < -0.3 is 9.80 Å². The molecule has 5 rings (SSSR count). The number of hydrogen-bond acceptors (Lipinski definition) is 4. The molecule has 0 unspecified atom stereocenters. The third-order valence-electron chi connectivity index (χ3n) is 5.77. The van der Waals surface area contributed by atoms with Gasteiger partial charge in [-0.05, 0) is 18.6 Å². The number of carbonyl (C=O) groups is 1. The Hall–Kier alpha value is -3.19. The highest BCUT2D eigenvalue weighted by Crippen LogP contribution is 2.25. The summed E-state index contributed by atoms with van der Waals surface area (Å²) in [4.78, 5) is 22.3. The second-order valence-electron chi connectivity index (χ2n) is 7.69. The molecule has 3 heterocycles. The van der Waals surface area contributed by atoms with Gasteiger partial charge in [-0.2, -0.15) is 0 Å². The molecular weight excluding hydrogens is 411 g/mol. The van der Waals surface area contributed by atoms with Gasteiger partial charge in [0.15, 0.2) is 4.96 Å². The molecule has 1 fully saturated rings. The fourth-order valence-corrected chi connectivity index (χ4v) is 4.96. The molecule has 2 aromatic carbocycles. The number of thiazole rings is 1. The van der Waals surface area contributed by atoms with Gasteiger partial charge in [0.05, 0.1) is 11.4 Å². The monoisotopic (exact) mass is 434 g/mol. The average molecular weight is 435 g/mol. The average Bonchev–Trinajstić information content (AvgIpc) is 3.40. The number of aromatic nitrogens is 2. The Kier molecular flexibility index (Phi) is 5.42. The molecule has 1 aliphatic heterocycles. The minimum absolute atomic E-state index is 0.149. The number of carbonyl (C=O) groups excluding carboxylic acids is 1. The zero-order chi connectivity index (χ0) is 21.2. The maximum atomic E-state index is 14.0. The number of hydrogen-bond donors (Lipinski definition) is 0. The Morgan fingerprint density at radius 2 is 1.74 bits per heavy atom. The molecule has 0 spiro atoms. The molecule has 0 atom stereocenters. The minimum Gasteiger partial charge on any atom is -0.366 e. The quantitative estimate of drug-likeness (QED) is 0.465. The van der Waals surface area contributed by atoms with Crippen molar-refractivity contribution < 1.29 is 9.18 Å². The van der Waals surface area contributed by atoms with E-state index >= 15 is 0 Å². The van der Waals surface area contributed by atoms with Crippen molar-refractivity contribution in [1.29, 1.82) is 0 Å². The van der Waals surface area contributed by atoms with Crippen LogP contribution in [-0.2, 0) is 11.2 Å². The van der Waals surface area contributed by atoms with Crippen molar-refractivity contribution in [1.82, 2.24) is 14.3 Å². The summed E-state index contributed by atoms with van der Waals surface area (Å²) < 4.78 is 16.1.